The zero-order valence-electron chi connectivity index (χ0n) is 6.60. The number of aromatic nitrogens is 1. The maximum Gasteiger partial charge on any atom is 0.265 e. The molecule has 0 saturated heterocycles. The molecule has 7 heteroatoms. The molecule has 0 fully saturated rings. The summed E-state index contributed by atoms with van der Waals surface area (Å²) in [6.45, 7) is 0. The van der Waals surface area contributed by atoms with Crippen LogP contribution in [0.3, 0.4) is 0 Å². The highest BCUT2D eigenvalue weighted by molar-refractivity contribution is 14.1. The fraction of sp³-hybridized carbons (Fsp3) is 0.143. The summed E-state index contributed by atoms with van der Waals surface area (Å²) >= 11 is 4.58. The van der Waals surface area contributed by atoms with Crippen molar-refractivity contribution in [1.29, 1.82) is 0 Å². The summed E-state index contributed by atoms with van der Waals surface area (Å²) in [6, 6.07) is 0. The molecule has 1 rings (SSSR count). The number of hydrogen-bond donors (Lipinski definition) is 1. The Labute approximate surface area is 100 Å². The second-order valence-corrected chi connectivity index (χ2v) is 4.26. The molecule has 0 aliphatic heterocycles. The van der Waals surface area contributed by atoms with E-state index in [0.717, 1.165) is 0 Å². The summed E-state index contributed by atoms with van der Waals surface area (Å²) in [6.07, 6.45) is -1.50. The summed E-state index contributed by atoms with van der Waals surface area (Å²) in [7, 11) is 0. The van der Waals surface area contributed by atoms with Crippen LogP contribution in [0.1, 0.15) is 22.3 Å². The van der Waals surface area contributed by atoms with E-state index in [1.165, 1.54) is 6.20 Å². The van der Waals surface area contributed by atoms with Crippen molar-refractivity contribution in [3.63, 3.8) is 0 Å². The third-order valence-corrected chi connectivity index (χ3v) is 2.95. The van der Waals surface area contributed by atoms with E-state index in [-0.39, 0.29) is 19.3 Å². The predicted molar refractivity (Wildman–Crippen MR) is 58.1 cm³/mol. The van der Waals surface area contributed by atoms with Crippen LogP contribution in [0.25, 0.3) is 0 Å². The van der Waals surface area contributed by atoms with Gasteiger partial charge in [-0.25, -0.2) is 13.8 Å². The second-order valence-electron chi connectivity index (χ2n) is 2.35. The largest absolute Gasteiger partial charge is 0.366 e. The smallest absolute Gasteiger partial charge is 0.265 e. The summed E-state index contributed by atoms with van der Waals surface area (Å²) in [4.78, 5) is 14.6. The molecular formula is C7H4BrF2IN2O. The average molecular weight is 377 g/mol. The Balaban J connectivity index is 3.50. The number of pyridine rings is 1. The van der Waals surface area contributed by atoms with Crippen LogP contribution in [0.2, 0.25) is 0 Å². The standard InChI is InChI=1S/C7H4BrF2IN2O/c8-5-4(7(12)14)3(6(9)10)2(11)1-13-5/h1,6H,(H2,12,14). The van der Waals surface area contributed by atoms with Crippen LogP contribution in [0.15, 0.2) is 10.8 Å². The van der Waals surface area contributed by atoms with Crippen molar-refractivity contribution in [3.8, 4) is 0 Å². The van der Waals surface area contributed by atoms with E-state index in [9.17, 15) is 13.6 Å². The minimum atomic E-state index is -2.75. The van der Waals surface area contributed by atoms with Crippen molar-refractivity contribution in [1.82, 2.24) is 4.98 Å². The van der Waals surface area contributed by atoms with E-state index in [1.54, 1.807) is 22.6 Å². The highest BCUT2D eigenvalue weighted by atomic mass is 127. The minimum Gasteiger partial charge on any atom is -0.366 e. The van der Waals surface area contributed by atoms with Crippen molar-refractivity contribution < 1.29 is 13.6 Å². The first-order chi connectivity index (χ1) is 6.45. The quantitative estimate of drug-likeness (QED) is 0.636. The van der Waals surface area contributed by atoms with E-state index < -0.39 is 12.3 Å². The summed E-state index contributed by atoms with van der Waals surface area (Å²) in [5, 5.41) is 0. The predicted octanol–water partition coefficient (Wildman–Crippen LogP) is 2.49. The first-order valence-electron chi connectivity index (χ1n) is 3.37. The Morgan fingerprint density at radius 3 is 2.57 bits per heavy atom. The van der Waals surface area contributed by atoms with Crippen molar-refractivity contribution in [2.45, 2.75) is 6.43 Å². The van der Waals surface area contributed by atoms with Gasteiger partial charge in [0, 0.05) is 15.3 Å². The molecule has 3 nitrogen and oxygen atoms in total. The Morgan fingerprint density at radius 2 is 2.21 bits per heavy atom. The summed E-state index contributed by atoms with van der Waals surface area (Å²) in [5.41, 5.74) is 4.34. The van der Waals surface area contributed by atoms with Gasteiger partial charge in [0.05, 0.1) is 5.56 Å². The third-order valence-electron chi connectivity index (χ3n) is 1.49. The van der Waals surface area contributed by atoms with Gasteiger partial charge >= 0.3 is 0 Å². The number of primary amides is 1. The van der Waals surface area contributed by atoms with Gasteiger partial charge < -0.3 is 5.73 Å². The monoisotopic (exact) mass is 376 g/mol. The van der Waals surface area contributed by atoms with Crippen LogP contribution in [0.4, 0.5) is 8.78 Å². The zero-order chi connectivity index (χ0) is 10.9. The van der Waals surface area contributed by atoms with Gasteiger partial charge in [-0.2, -0.15) is 0 Å². The molecule has 0 radical (unpaired) electrons. The molecule has 1 heterocycles. The molecule has 0 bridgehead atoms. The van der Waals surface area contributed by atoms with Crippen LogP contribution < -0.4 is 5.73 Å². The number of rotatable bonds is 2. The maximum absolute atomic E-state index is 12.6. The van der Waals surface area contributed by atoms with Gasteiger partial charge in [0.2, 0.25) is 0 Å². The number of nitrogens with two attached hydrogens (primary N) is 1. The topological polar surface area (TPSA) is 56.0 Å². The van der Waals surface area contributed by atoms with Crippen molar-refractivity contribution >= 4 is 44.4 Å². The van der Waals surface area contributed by atoms with E-state index in [0.29, 0.717) is 0 Å². The number of halogens is 4. The molecule has 1 aromatic rings. The Morgan fingerprint density at radius 1 is 1.64 bits per heavy atom. The Hall–Kier alpha value is -0.310. The van der Waals surface area contributed by atoms with Crippen molar-refractivity contribution in [2.75, 3.05) is 0 Å². The fourth-order valence-corrected chi connectivity index (χ4v) is 2.08. The SMILES string of the molecule is NC(=O)c1c(Br)ncc(I)c1C(F)F. The van der Waals surface area contributed by atoms with Gasteiger partial charge in [-0.05, 0) is 38.5 Å². The first-order valence-corrected chi connectivity index (χ1v) is 5.24. The molecule has 0 aliphatic carbocycles. The van der Waals surface area contributed by atoms with Crippen LogP contribution in [-0.2, 0) is 0 Å². The van der Waals surface area contributed by atoms with Crippen molar-refractivity contribution in [2.24, 2.45) is 5.73 Å². The zero-order valence-corrected chi connectivity index (χ0v) is 10.3. The molecule has 0 unspecified atom stereocenters. The molecule has 0 atom stereocenters. The molecule has 0 spiro atoms. The van der Waals surface area contributed by atoms with Crippen molar-refractivity contribution in [3.05, 3.63) is 25.5 Å². The van der Waals surface area contributed by atoms with Crippen LogP contribution in [0.5, 0.6) is 0 Å². The van der Waals surface area contributed by atoms with Gasteiger partial charge in [-0.15, -0.1) is 0 Å². The van der Waals surface area contributed by atoms with Gasteiger partial charge in [0.1, 0.15) is 4.60 Å². The fourth-order valence-electron chi connectivity index (χ4n) is 0.926. The molecule has 0 aliphatic rings. The minimum absolute atomic E-state index is 0.0423. The molecule has 2 N–H and O–H groups in total. The maximum atomic E-state index is 12.6. The number of nitrogens with zero attached hydrogens (tertiary/aromatic N) is 1. The Kier molecular flexibility index (Phi) is 3.76. The molecule has 76 valence electrons. The van der Waals surface area contributed by atoms with Gasteiger partial charge in [-0.3, -0.25) is 4.79 Å². The number of alkyl halides is 2. The van der Waals surface area contributed by atoms with E-state index in [2.05, 4.69) is 20.9 Å². The normalized spacial score (nSPS) is 10.6. The molecule has 1 aromatic heterocycles. The molecule has 1 amide bonds. The van der Waals surface area contributed by atoms with Crippen LogP contribution in [0, 0.1) is 3.57 Å². The summed E-state index contributed by atoms with van der Waals surface area (Å²) < 4.78 is 25.4. The van der Waals surface area contributed by atoms with Crippen LogP contribution >= 0.6 is 38.5 Å². The highest BCUT2D eigenvalue weighted by Gasteiger charge is 2.23. The lowest BCUT2D eigenvalue weighted by Crippen LogP contribution is -2.16. The van der Waals surface area contributed by atoms with Crippen LogP contribution in [-0.4, -0.2) is 10.9 Å². The Bertz CT molecular complexity index is 386. The lowest BCUT2D eigenvalue weighted by molar-refractivity contribution is 0.0984. The van der Waals surface area contributed by atoms with E-state index in [4.69, 9.17) is 5.73 Å². The lowest BCUT2D eigenvalue weighted by atomic mass is 10.1. The number of hydrogen-bond acceptors (Lipinski definition) is 2. The van der Waals surface area contributed by atoms with Gasteiger partial charge in [0.25, 0.3) is 12.3 Å². The third kappa shape index (κ3) is 2.19. The first kappa shape index (κ1) is 11.8. The average Bonchev–Trinajstić information content (AvgIpc) is 2.07. The lowest BCUT2D eigenvalue weighted by Gasteiger charge is -2.08. The molecule has 0 saturated carbocycles. The van der Waals surface area contributed by atoms with E-state index in [1.807, 2.05) is 0 Å². The van der Waals surface area contributed by atoms with Gasteiger partial charge in [-0.1, -0.05) is 0 Å². The van der Waals surface area contributed by atoms with E-state index >= 15 is 0 Å². The molecule has 14 heavy (non-hydrogen) atoms. The second kappa shape index (κ2) is 4.47. The summed E-state index contributed by atoms with van der Waals surface area (Å²) in [5.74, 6) is -0.918. The molecular weight excluding hydrogens is 373 g/mol. The number of carbonyl (C=O) groups is 1. The highest BCUT2D eigenvalue weighted by Crippen LogP contribution is 2.30. The number of amides is 1. The number of carbonyl (C=O) groups excluding carboxylic acids is 1. The van der Waals surface area contributed by atoms with Gasteiger partial charge in [0.15, 0.2) is 0 Å². The molecule has 0 aromatic carbocycles.